The van der Waals surface area contributed by atoms with E-state index < -0.39 is 17.7 Å². The van der Waals surface area contributed by atoms with E-state index in [1.807, 2.05) is 52.0 Å². The number of ketones is 1. The molecule has 1 N–H and O–H groups in total. The van der Waals surface area contributed by atoms with E-state index in [1.165, 1.54) is 16.2 Å². The lowest BCUT2D eigenvalue weighted by atomic mass is 9.93. The minimum atomic E-state index is -0.869. The Balaban J connectivity index is 1.71. The van der Waals surface area contributed by atoms with Crippen LogP contribution in [0.3, 0.4) is 0 Å². The van der Waals surface area contributed by atoms with Gasteiger partial charge in [-0.1, -0.05) is 43.4 Å². The van der Waals surface area contributed by atoms with Crippen LogP contribution in [0.2, 0.25) is 0 Å². The van der Waals surface area contributed by atoms with Crippen molar-refractivity contribution < 1.29 is 24.2 Å². The summed E-state index contributed by atoms with van der Waals surface area (Å²) in [5.74, 6) is -0.254. The van der Waals surface area contributed by atoms with E-state index in [0.717, 1.165) is 27.1 Å². The first-order valence-electron chi connectivity index (χ1n) is 12.8. The number of aryl methyl sites for hydroxylation is 1. The number of anilines is 1. The van der Waals surface area contributed by atoms with Crippen LogP contribution in [-0.2, 0) is 9.59 Å². The van der Waals surface area contributed by atoms with Crippen molar-refractivity contribution in [1.82, 2.24) is 4.98 Å². The first kappa shape index (κ1) is 26.4. The van der Waals surface area contributed by atoms with Crippen molar-refractivity contribution in [3.05, 3.63) is 88.5 Å². The van der Waals surface area contributed by atoms with Gasteiger partial charge in [0, 0.05) is 5.56 Å². The number of aliphatic hydroxyl groups is 1. The van der Waals surface area contributed by atoms with Crippen molar-refractivity contribution in [3.63, 3.8) is 0 Å². The lowest BCUT2D eigenvalue weighted by molar-refractivity contribution is -0.132. The number of aromatic nitrogens is 1. The fraction of sp³-hybridized carbons (Fsp3) is 0.258. The quantitative estimate of drug-likeness (QED) is 0.158. The predicted octanol–water partition coefficient (Wildman–Crippen LogP) is 6.76. The van der Waals surface area contributed by atoms with Gasteiger partial charge in [0.1, 0.15) is 17.3 Å². The minimum Gasteiger partial charge on any atom is -0.507 e. The smallest absolute Gasteiger partial charge is 0.301 e. The molecule has 1 fully saturated rings. The molecule has 1 saturated heterocycles. The third-order valence-electron chi connectivity index (χ3n) is 6.82. The Kier molecular flexibility index (Phi) is 7.14. The number of hydrogen-bond donors (Lipinski definition) is 1. The zero-order valence-corrected chi connectivity index (χ0v) is 23.3. The van der Waals surface area contributed by atoms with Gasteiger partial charge in [0.25, 0.3) is 5.78 Å². The Bertz CT molecular complexity index is 1600. The number of benzene rings is 3. The molecule has 4 aromatic rings. The van der Waals surface area contributed by atoms with Crippen molar-refractivity contribution in [2.45, 2.75) is 39.7 Å². The number of nitrogens with zero attached hydrogens (tertiary/aromatic N) is 2. The van der Waals surface area contributed by atoms with E-state index in [9.17, 15) is 14.7 Å². The van der Waals surface area contributed by atoms with Crippen LogP contribution in [-0.4, -0.2) is 35.5 Å². The molecule has 3 aromatic carbocycles. The molecule has 1 aliphatic rings. The van der Waals surface area contributed by atoms with Crippen LogP contribution >= 0.6 is 11.3 Å². The van der Waals surface area contributed by atoms with Crippen LogP contribution in [0.4, 0.5) is 5.13 Å². The average Bonchev–Trinajstić information content (AvgIpc) is 3.46. The van der Waals surface area contributed by atoms with Gasteiger partial charge in [0.05, 0.1) is 35.5 Å². The van der Waals surface area contributed by atoms with Gasteiger partial charge in [-0.15, -0.1) is 0 Å². The summed E-state index contributed by atoms with van der Waals surface area (Å²) in [5, 5.41) is 12.0. The number of aliphatic hydroxyl groups excluding tert-OH is 1. The molecule has 0 radical (unpaired) electrons. The molecule has 1 atom stereocenters. The number of Topliss-reactive ketones (excluding diaryl/α,β-unsaturated/α-hetero) is 1. The second-order valence-electron chi connectivity index (χ2n) is 9.75. The van der Waals surface area contributed by atoms with Crippen LogP contribution in [0.15, 0.2) is 66.2 Å². The molecule has 0 spiro atoms. The molecule has 1 unspecified atom stereocenters. The standard InChI is InChI=1S/C31H30N2O5S/c1-6-38-24-14-10-20(16-22(24)17(2)3)28(34)26-27(19-8-11-21(37-5)12-9-19)33(30(36)29(26)35)31-32-23-13-7-18(4)15-25(23)39-31/h7-17,27,34H,6H2,1-5H3/b28-26+. The third kappa shape index (κ3) is 4.76. The second kappa shape index (κ2) is 10.5. The van der Waals surface area contributed by atoms with Crippen LogP contribution in [0.25, 0.3) is 16.0 Å². The zero-order valence-electron chi connectivity index (χ0n) is 22.5. The highest BCUT2D eigenvalue weighted by molar-refractivity contribution is 7.22. The molecule has 1 aromatic heterocycles. The Morgan fingerprint density at radius 1 is 1.08 bits per heavy atom. The summed E-state index contributed by atoms with van der Waals surface area (Å²) in [6.45, 7) is 8.48. The maximum absolute atomic E-state index is 13.6. The van der Waals surface area contributed by atoms with E-state index in [1.54, 1.807) is 43.5 Å². The SMILES string of the molecule is CCOc1ccc(/C(O)=C2\C(=O)C(=O)N(c3nc4ccc(C)cc4s3)C2c2ccc(OC)cc2)cc1C(C)C. The van der Waals surface area contributed by atoms with Crippen molar-refractivity contribution in [2.24, 2.45) is 0 Å². The van der Waals surface area contributed by atoms with Crippen molar-refractivity contribution in [3.8, 4) is 11.5 Å². The number of thiazole rings is 1. The number of ether oxygens (including phenoxy) is 2. The Morgan fingerprint density at radius 2 is 1.82 bits per heavy atom. The van der Waals surface area contributed by atoms with E-state index >= 15 is 0 Å². The molecule has 39 heavy (non-hydrogen) atoms. The monoisotopic (exact) mass is 542 g/mol. The van der Waals surface area contributed by atoms with Gasteiger partial charge in [-0.05, 0) is 78.9 Å². The van der Waals surface area contributed by atoms with E-state index in [0.29, 0.717) is 28.6 Å². The molecule has 1 amide bonds. The third-order valence-corrected chi connectivity index (χ3v) is 7.84. The topological polar surface area (TPSA) is 89.0 Å². The summed E-state index contributed by atoms with van der Waals surface area (Å²) < 4.78 is 12.0. The summed E-state index contributed by atoms with van der Waals surface area (Å²) in [7, 11) is 1.57. The number of methoxy groups -OCH3 is 1. The Labute approximate surface area is 231 Å². The number of rotatable bonds is 7. The highest BCUT2D eigenvalue weighted by Gasteiger charge is 2.48. The molecular weight excluding hydrogens is 512 g/mol. The van der Waals surface area contributed by atoms with Crippen molar-refractivity contribution in [1.29, 1.82) is 0 Å². The van der Waals surface area contributed by atoms with Gasteiger partial charge in [0.2, 0.25) is 0 Å². The van der Waals surface area contributed by atoms with Crippen molar-refractivity contribution >= 4 is 44.1 Å². The minimum absolute atomic E-state index is 0.0134. The van der Waals surface area contributed by atoms with Crippen LogP contribution in [0.5, 0.6) is 11.5 Å². The Morgan fingerprint density at radius 3 is 2.49 bits per heavy atom. The number of amides is 1. The van der Waals surface area contributed by atoms with Gasteiger partial charge in [0.15, 0.2) is 5.13 Å². The molecule has 0 saturated carbocycles. The highest BCUT2D eigenvalue weighted by atomic mass is 32.1. The summed E-state index contributed by atoms with van der Waals surface area (Å²) >= 11 is 1.34. The molecule has 2 heterocycles. The average molecular weight is 543 g/mol. The summed E-state index contributed by atoms with van der Waals surface area (Å²) in [6, 6.07) is 17.5. The number of hydrogen-bond acceptors (Lipinski definition) is 7. The molecule has 0 bridgehead atoms. The number of carbonyl (C=O) groups excluding carboxylic acids is 2. The first-order chi connectivity index (χ1) is 18.7. The lowest BCUT2D eigenvalue weighted by Crippen LogP contribution is -2.29. The molecule has 1 aliphatic heterocycles. The highest BCUT2D eigenvalue weighted by Crippen LogP contribution is 2.45. The lowest BCUT2D eigenvalue weighted by Gasteiger charge is -2.23. The Hall–Kier alpha value is -4.17. The predicted molar refractivity (Wildman–Crippen MR) is 154 cm³/mol. The van der Waals surface area contributed by atoms with E-state index in [-0.39, 0.29) is 17.3 Å². The number of carbonyl (C=O) groups is 2. The van der Waals surface area contributed by atoms with Crippen LogP contribution in [0.1, 0.15) is 55.0 Å². The largest absolute Gasteiger partial charge is 0.507 e. The van der Waals surface area contributed by atoms with Gasteiger partial charge >= 0.3 is 5.91 Å². The zero-order chi connectivity index (χ0) is 27.8. The normalized spacial score (nSPS) is 16.9. The molecule has 0 aliphatic carbocycles. The maximum Gasteiger partial charge on any atom is 0.301 e. The molecule has 5 rings (SSSR count). The maximum atomic E-state index is 13.6. The van der Waals surface area contributed by atoms with Gasteiger partial charge in [-0.2, -0.15) is 0 Å². The fourth-order valence-electron chi connectivity index (χ4n) is 4.84. The van der Waals surface area contributed by atoms with Crippen molar-refractivity contribution in [2.75, 3.05) is 18.6 Å². The summed E-state index contributed by atoms with van der Waals surface area (Å²) in [6.07, 6.45) is 0. The van der Waals surface area contributed by atoms with Crippen LogP contribution in [0, 0.1) is 6.92 Å². The molecule has 200 valence electrons. The van der Waals surface area contributed by atoms with Gasteiger partial charge in [-0.3, -0.25) is 14.5 Å². The molecular formula is C31H30N2O5S. The number of fused-ring (bicyclic) bond motifs is 1. The van der Waals surface area contributed by atoms with Crippen LogP contribution < -0.4 is 14.4 Å². The molecule has 7 nitrogen and oxygen atoms in total. The van der Waals surface area contributed by atoms with Gasteiger partial charge in [-0.25, -0.2) is 4.98 Å². The molecule has 8 heteroatoms. The van der Waals surface area contributed by atoms with E-state index in [4.69, 9.17) is 14.5 Å². The first-order valence-corrected chi connectivity index (χ1v) is 13.6. The summed E-state index contributed by atoms with van der Waals surface area (Å²) in [5.41, 5.74) is 3.82. The second-order valence-corrected chi connectivity index (χ2v) is 10.8. The van der Waals surface area contributed by atoms with Gasteiger partial charge < -0.3 is 14.6 Å². The van der Waals surface area contributed by atoms with E-state index in [2.05, 4.69) is 0 Å². The fourth-order valence-corrected chi connectivity index (χ4v) is 5.93. The summed E-state index contributed by atoms with van der Waals surface area (Å²) in [4.78, 5) is 33.2.